The van der Waals surface area contributed by atoms with E-state index >= 15 is 0 Å². The highest BCUT2D eigenvalue weighted by Gasteiger charge is 2.22. The summed E-state index contributed by atoms with van der Waals surface area (Å²) in [6.45, 7) is 6.51. The van der Waals surface area contributed by atoms with Gasteiger partial charge in [0.15, 0.2) is 5.96 Å². The molecule has 9 N–H and O–H groups in total. The molecule has 0 aromatic rings. The minimum Gasteiger partial charge on any atom is -0.370 e. The van der Waals surface area contributed by atoms with Gasteiger partial charge >= 0.3 is 0 Å². The molecule has 2 atom stereocenters. The van der Waals surface area contributed by atoms with Crippen molar-refractivity contribution in [2.24, 2.45) is 27.9 Å². The van der Waals surface area contributed by atoms with Crippen molar-refractivity contribution < 1.29 is 9.59 Å². The third-order valence-electron chi connectivity index (χ3n) is 10.2. The SMILES string of the molecule is CCCCCCCC/C=C\CCCCCCCCN(CCCCCCCCCCCCCCCC)C(=O)C(N)CNC(=O)C(N)CCCN=C(N)N.Cl.Cl.Cl. The van der Waals surface area contributed by atoms with Crippen LogP contribution in [0.1, 0.15) is 206 Å². The molecule has 0 saturated carbocycles. The maximum atomic E-state index is 13.4. The fourth-order valence-corrected chi connectivity index (χ4v) is 6.69. The number of nitrogens with zero attached hydrogens (tertiary/aromatic N) is 2. The second-order valence-electron chi connectivity index (χ2n) is 15.3. The lowest BCUT2D eigenvalue weighted by molar-refractivity contribution is -0.133. The molecular weight excluding hydrogens is 753 g/mol. The molecule has 0 heterocycles. The van der Waals surface area contributed by atoms with Crippen LogP contribution in [0.15, 0.2) is 17.1 Å². The zero-order chi connectivity index (χ0) is 38.3. The molecule has 0 bridgehead atoms. The highest BCUT2D eigenvalue weighted by molar-refractivity contribution is 5.86. The summed E-state index contributed by atoms with van der Waals surface area (Å²) in [6, 6.07) is -1.47. The van der Waals surface area contributed by atoms with Crippen molar-refractivity contribution in [1.29, 1.82) is 0 Å². The maximum Gasteiger partial charge on any atom is 0.241 e. The summed E-state index contributed by atoms with van der Waals surface area (Å²) in [6.07, 6.45) is 41.8. The number of halogens is 3. The molecule has 0 aliphatic rings. The summed E-state index contributed by atoms with van der Waals surface area (Å²) in [5, 5.41) is 2.78. The standard InChI is InChI=1S/C43H87N7O2.3ClH/c1-3-5-7-9-11-13-15-17-19-20-22-24-26-28-30-32-37-50(36-31-29-27-25-23-21-18-16-14-12-10-8-6-4-2)42(52)40(45)38-49-41(51)39(44)34-33-35-48-43(46)47;;;/h17,19,39-40H,3-16,18,20-38,44-45H2,1-2H3,(H,49,51)(H4,46,47,48);3*1H/b19-17-;;;. The molecule has 0 spiro atoms. The minimum atomic E-state index is -0.779. The maximum absolute atomic E-state index is 13.4. The number of carbonyl (C=O) groups excluding carboxylic acids is 2. The average Bonchev–Trinajstić information content (AvgIpc) is 3.13. The van der Waals surface area contributed by atoms with E-state index in [0.717, 1.165) is 38.8 Å². The van der Waals surface area contributed by atoms with Crippen LogP contribution in [0.4, 0.5) is 0 Å². The molecule has 2 amide bonds. The smallest absolute Gasteiger partial charge is 0.241 e. The van der Waals surface area contributed by atoms with E-state index in [1.54, 1.807) is 0 Å². The van der Waals surface area contributed by atoms with Crippen LogP contribution in [-0.4, -0.2) is 60.9 Å². The first-order valence-electron chi connectivity index (χ1n) is 22.1. The summed E-state index contributed by atoms with van der Waals surface area (Å²) in [7, 11) is 0. The quantitative estimate of drug-likeness (QED) is 0.0179. The van der Waals surface area contributed by atoms with Crippen molar-refractivity contribution in [3.63, 3.8) is 0 Å². The Balaban J connectivity index is -0.00000433. The molecule has 0 aromatic carbocycles. The molecule has 2 unspecified atom stereocenters. The van der Waals surface area contributed by atoms with Gasteiger partial charge < -0.3 is 33.2 Å². The molecule has 0 saturated heterocycles. The third-order valence-corrected chi connectivity index (χ3v) is 10.2. The Bertz CT molecular complexity index is 879. The Labute approximate surface area is 358 Å². The second kappa shape index (κ2) is 47.1. The van der Waals surface area contributed by atoms with E-state index in [1.165, 1.54) is 154 Å². The predicted octanol–water partition coefficient (Wildman–Crippen LogP) is 10.4. The molecule has 330 valence electrons. The van der Waals surface area contributed by atoms with Crippen LogP contribution >= 0.6 is 37.2 Å². The van der Waals surface area contributed by atoms with E-state index in [-0.39, 0.29) is 61.5 Å². The number of nitrogens with one attached hydrogen (secondary N) is 1. The molecule has 55 heavy (non-hydrogen) atoms. The minimum absolute atomic E-state index is 0. The Hall–Kier alpha value is -1.26. The number of allylic oxidation sites excluding steroid dienone is 2. The summed E-state index contributed by atoms with van der Waals surface area (Å²) >= 11 is 0. The predicted molar refractivity (Wildman–Crippen MR) is 247 cm³/mol. The van der Waals surface area contributed by atoms with Crippen LogP contribution in [0.5, 0.6) is 0 Å². The second-order valence-corrected chi connectivity index (χ2v) is 15.3. The Morgan fingerprint density at radius 2 is 0.909 bits per heavy atom. The number of carbonyl (C=O) groups is 2. The van der Waals surface area contributed by atoms with E-state index in [9.17, 15) is 9.59 Å². The zero-order valence-corrected chi connectivity index (χ0v) is 38.0. The molecule has 0 rings (SSSR count). The van der Waals surface area contributed by atoms with E-state index in [0.29, 0.717) is 19.4 Å². The Kier molecular flexibility index (Phi) is 51.8. The van der Waals surface area contributed by atoms with E-state index in [1.807, 2.05) is 4.90 Å². The zero-order valence-electron chi connectivity index (χ0n) is 35.6. The van der Waals surface area contributed by atoms with Crippen LogP contribution < -0.4 is 28.3 Å². The lowest BCUT2D eigenvalue weighted by Crippen LogP contribution is -2.52. The van der Waals surface area contributed by atoms with Gasteiger partial charge in [0.25, 0.3) is 0 Å². The van der Waals surface area contributed by atoms with Crippen LogP contribution in [0, 0.1) is 0 Å². The topological polar surface area (TPSA) is 166 Å². The highest BCUT2D eigenvalue weighted by atomic mass is 35.5. The van der Waals surface area contributed by atoms with Crippen molar-refractivity contribution in [1.82, 2.24) is 10.2 Å². The van der Waals surface area contributed by atoms with Gasteiger partial charge in [0.2, 0.25) is 11.8 Å². The molecule has 12 heteroatoms. The normalized spacial score (nSPS) is 11.9. The fraction of sp³-hybridized carbons (Fsp3) is 0.884. The number of rotatable bonds is 39. The number of hydrogen-bond donors (Lipinski definition) is 5. The van der Waals surface area contributed by atoms with Crippen molar-refractivity contribution in [3.8, 4) is 0 Å². The largest absolute Gasteiger partial charge is 0.370 e. The molecule has 0 aromatic heterocycles. The number of aliphatic imine (C=N–C) groups is 1. The number of guanidine groups is 1. The van der Waals surface area contributed by atoms with Crippen molar-refractivity contribution in [2.75, 3.05) is 26.2 Å². The molecular formula is C43H90Cl3N7O2. The first-order valence-corrected chi connectivity index (χ1v) is 22.1. The molecule has 9 nitrogen and oxygen atoms in total. The van der Waals surface area contributed by atoms with Gasteiger partial charge in [-0.05, 0) is 51.4 Å². The Morgan fingerprint density at radius 3 is 1.29 bits per heavy atom. The van der Waals surface area contributed by atoms with Crippen molar-refractivity contribution in [2.45, 2.75) is 219 Å². The van der Waals surface area contributed by atoms with E-state index in [2.05, 4.69) is 36.3 Å². The lowest BCUT2D eigenvalue weighted by Gasteiger charge is -2.26. The molecule has 0 fully saturated rings. The van der Waals surface area contributed by atoms with Gasteiger partial charge in [-0.2, -0.15) is 0 Å². The molecule has 0 aliphatic heterocycles. The van der Waals surface area contributed by atoms with Gasteiger partial charge in [0, 0.05) is 26.2 Å². The summed E-state index contributed by atoms with van der Waals surface area (Å²) in [4.78, 5) is 31.8. The van der Waals surface area contributed by atoms with Gasteiger partial charge in [-0.3, -0.25) is 14.6 Å². The number of unbranched alkanes of at least 4 members (excludes halogenated alkanes) is 25. The molecule has 0 aliphatic carbocycles. The highest BCUT2D eigenvalue weighted by Crippen LogP contribution is 2.14. The van der Waals surface area contributed by atoms with Gasteiger partial charge in [-0.25, -0.2) is 0 Å². The average molecular weight is 844 g/mol. The first kappa shape index (κ1) is 60.4. The van der Waals surface area contributed by atoms with Gasteiger partial charge in [-0.15, -0.1) is 37.2 Å². The summed E-state index contributed by atoms with van der Waals surface area (Å²) in [5.41, 5.74) is 23.1. The third kappa shape index (κ3) is 42.2. The van der Waals surface area contributed by atoms with Crippen LogP contribution in [-0.2, 0) is 9.59 Å². The monoisotopic (exact) mass is 842 g/mol. The number of hydrogen-bond acceptors (Lipinski definition) is 5. The summed E-state index contributed by atoms with van der Waals surface area (Å²) in [5.74, 6) is -0.359. The van der Waals surface area contributed by atoms with Crippen molar-refractivity contribution in [3.05, 3.63) is 12.2 Å². The number of amides is 2. The van der Waals surface area contributed by atoms with Crippen LogP contribution in [0.2, 0.25) is 0 Å². The van der Waals surface area contributed by atoms with Crippen molar-refractivity contribution >= 4 is 55.0 Å². The fourth-order valence-electron chi connectivity index (χ4n) is 6.69. The summed E-state index contributed by atoms with van der Waals surface area (Å²) < 4.78 is 0. The molecule has 0 radical (unpaired) electrons. The van der Waals surface area contributed by atoms with E-state index in [4.69, 9.17) is 22.9 Å². The first-order chi connectivity index (χ1) is 25.3. The number of nitrogens with two attached hydrogens (primary N) is 4. The van der Waals surface area contributed by atoms with Gasteiger partial charge in [0.05, 0.1) is 6.04 Å². The Morgan fingerprint density at radius 1 is 0.545 bits per heavy atom. The van der Waals surface area contributed by atoms with E-state index < -0.39 is 12.1 Å². The van der Waals surface area contributed by atoms with Crippen LogP contribution in [0.25, 0.3) is 0 Å². The lowest BCUT2D eigenvalue weighted by atomic mass is 10.0. The van der Waals surface area contributed by atoms with Gasteiger partial charge in [0.1, 0.15) is 6.04 Å². The van der Waals surface area contributed by atoms with Crippen LogP contribution in [0.3, 0.4) is 0 Å². The van der Waals surface area contributed by atoms with Gasteiger partial charge in [-0.1, -0.05) is 167 Å².